The molecule has 0 bridgehead atoms. The SMILES string of the molecule is Cc1cccc(-c2nsc3c(=O)n(CC(=O)NC4CCCCC4)cnc23)c1. The van der Waals surface area contributed by atoms with Gasteiger partial charge in [-0.25, -0.2) is 4.98 Å². The van der Waals surface area contributed by atoms with Crippen molar-refractivity contribution < 1.29 is 4.79 Å². The molecule has 1 saturated carbocycles. The first kappa shape index (κ1) is 17.9. The van der Waals surface area contributed by atoms with Gasteiger partial charge in [-0.05, 0) is 37.4 Å². The maximum Gasteiger partial charge on any atom is 0.273 e. The third-order valence-electron chi connectivity index (χ3n) is 5.02. The Morgan fingerprint density at radius 3 is 2.89 bits per heavy atom. The molecule has 1 aliphatic rings. The fraction of sp³-hybridized carbons (Fsp3) is 0.400. The van der Waals surface area contributed by atoms with E-state index < -0.39 is 0 Å². The molecule has 2 heterocycles. The van der Waals surface area contributed by atoms with Crippen molar-refractivity contribution in [3.8, 4) is 11.3 Å². The highest BCUT2D eigenvalue weighted by Gasteiger charge is 2.18. The van der Waals surface area contributed by atoms with Crippen LogP contribution in [-0.4, -0.2) is 25.9 Å². The number of benzene rings is 1. The zero-order valence-corrected chi connectivity index (χ0v) is 16.1. The molecule has 0 unspecified atom stereocenters. The standard InChI is InChI=1S/C20H22N4O2S/c1-13-6-5-7-14(10-13)17-18-19(27-23-17)20(26)24(12-21-18)11-16(25)22-15-8-3-2-4-9-15/h5-7,10,12,15H,2-4,8-9,11H2,1H3,(H,22,25). The van der Waals surface area contributed by atoms with Crippen LogP contribution in [0.15, 0.2) is 35.4 Å². The first-order valence-electron chi connectivity index (χ1n) is 9.33. The molecule has 0 aliphatic heterocycles. The third kappa shape index (κ3) is 3.78. The molecule has 0 radical (unpaired) electrons. The highest BCUT2D eigenvalue weighted by atomic mass is 32.1. The number of aromatic nitrogens is 3. The summed E-state index contributed by atoms with van der Waals surface area (Å²) in [5.74, 6) is -0.131. The molecule has 1 aromatic carbocycles. The zero-order valence-electron chi connectivity index (χ0n) is 15.3. The van der Waals surface area contributed by atoms with Gasteiger partial charge >= 0.3 is 0 Å². The Bertz CT molecular complexity index is 1030. The summed E-state index contributed by atoms with van der Waals surface area (Å²) in [5, 5.41) is 3.04. The molecule has 6 nitrogen and oxygen atoms in total. The number of rotatable bonds is 4. The fourth-order valence-electron chi connectivity index (χ4n) is 3.63. The van der Waals surface area contributed by atoms with Gasteiger partial charge in [0.1, 0.15) is 22.5 Å². The van der Waals surface area contributed by atoms with Crippen LogP contribution in [0, 0.1) is 6.92 Å². The van der Waals surface area contributed by atoms with Crippen molar-refractivity contribution in [3.63, 3.8) is 0 Å². The van der Waals surface area contributed by atoms with Crippen LogP contribution in [0.5, 0.6) is 0 Å². The summed E-state index contributed by atoms with van der Waals surface area (Å²) in [7, 11) is 0. The van der Waals surface area contributed by atoms with Gasteiger partial charge in [-0.2, -0.15) is 4.37 Å². The molecule has 0 spiro atoms. The minimum absolute atomic E-state index is 0.00402. The van der Waals surface area contributed by atoms with Gasteiger partial charge in [0.05, 0.1) is 6.33 Å². The first-order valence-corrected chi connectivity index (χ1v) is 10.1. The van der Waals surface area contributed by atoms with E-state index in [-0.39, 0.29) is 24.1 Å². The van der Waals surface area contributed by atoms with Crippen molar-refractivity contribution in [2.45, 2.75) is 51.6 Å². The highest BCUT2D eigenvalue weighted by Crippen LogP contribution is 2.27. The largest absolute Gasteiger partial charge is 0.352 e. The molecule has 0 saturated heterocycles. The molecule has 7 heteroatoms. The smallest absolute Gasteiger partial charge is 0.273 e. The number of carbonyl (C=O) groups excluding carboxylic acids is 1. The lowest BCUT2D eigenvalue weighted by Crippen LogP contribution is -2.39. The Morgan fingerprint density at radius 2 is 2.11 bits per heavy atom. The highest BCUT2D eigenvalue weighted by molar-refractivity contribution is 7.13. The number of fused-ring (bicyclic) bond motifs is 1. The maximum absolute atomic E-state index is 12.8. The van der Waals surface area contributed by atoms with Crippen LogP contribution in [0.3, 0.4) is 0 Å². The van der Waals surface area contributed by atoms with Crippen LogP contribution in [0.2, 0.25) is 0 Å². The Kier molecular flexibility index (Phi) is 5.03. The van der Waals surface area contributed by atoms with E-state index in [0.29, 0.717) is 10.2 Å². The molecule has 1 N–H and O–H groups in total. The van der Waals surface area contributed by atoms with Crippen LogP contribution >= 0.6 is 11.5 Å². The van der Waals surface area contributed by atoms with E-state index in [0.717, 1.165) is 54.0 Å². The minimum Gasteiger partial charge on any atom is -0.352 e. The second-order valence-corrected chi connectivity index (χ2v) is 7.93. The topological polar surface area (TPSA) is 76.9 Å². The zero-order chi connectivity index (χ0) is 18.8. The maximum atomic E-state index is 12.8. The van der Waals surface area contributed by atoms with Gasteiger partial charge in [-0.3, -0.25) is 14.2 Å². The van der Waals surface area contributed by atoms with Crippen molar-refractivity contribution in [2.75, 3.05) is 0 Å². The third-order valence-corrected chi connectivity index (χ3v) is 5.85. The van der Waals surface area contributed by atoms with Crippen molar-refractivity contribution in [3.05, 3.63) is 46.5 Å². The summed E-state index contributed by atoms with van der Waals surface area (Å²) < 4.78 is 6.31. The number of nitrogens with one attached hydrogen (secondary N) is 1. The predicted octanol–water partition coefficient (Wildman–Crippen LogP) is 3.28. The van der Waals surface area contributed by atoms with Crippen molar-refractivity contribution >= 4 is 27.7 Å². The van der Waals surface area contributed by atoms with Gasteiger partial charge in [-0.15, -0.1) is 0 Å². The Balaban J connectivity index is 1.58. The number of nitrogens with zero attached hydrogens (tertiary/aromatic N) is 3. The van der Waals surface area contributed by atoms with Crippen molar-refractivity contribution in [1.29, 1.82) is 0 Å². The van der Waals surface area contributed by atoms with E-state index in [2.05, 4.69) is 14.7 Å². The Labute approximate surface area is 161 Å². The van der Waals surface area contributed by atoms with E-state index in [1.165, 1.54) is 17.3 Å². The minimum atomic E-state index is -0.213. The van der Waals surface area contributed by atoms with Crippen LogP contribution < -0.4 is 10.9 Å². The number of hydrogen-bond acceptors (Lipinski definition) is 5. The first-order chi connectivity index (χ1) is 13.1. The van der Waals surface area contributed by atoms with Gasteiger partial charge in [0.2, 0.25) is 5.91 Å². The van der Waals surface area contributed by atoms with E-state index in [1.807, 2.05) is 31.2 Å². The summed E-state index contributed by atoms with van der Waals surface area (Å²) in [4.78, 5) is 29.5. The molecule has 140 valence electrons. The summed E-state index contributed by atoms with van der Waals surface area (Å²) in [6.07, 6.45) is 7.04. The lowest BCUT2D eigenvalue weighted by Gasteiger charge is -2.22. The van der Waals surface area contributed by atoms with Crippen molar-refractivity contribution in [2.24, 2.45) is 0 Å². The molecule has 1 aliphatic carbocycles. The summed E-state index contributed by atoms with van der Waals surface area (Å²) in [6.45, 7) is 2.01. The van der Waals surface area contributed by atoms with E-state index in [9.17, 15) is 9.59 Å². The summed E-state index contributed by atoms with van der Waals surface area (Å²) >= 11 is 1.14. The summed E-state index contributed by atoms with van der Waals surface area (Å²) in [5.41, 5.74) is 3.17. The average molecular weight is 382 g/mol. The van der Waals surface area contributed by atoms with Gasteiger partial charge < -0.3 is 5.32 Å². The lowest BCUT2D eigenvalue weighted by atomic mass is 9.95. The van der Waals surface area contributed by atoms with E-state index in [4.69, 9.17) is 0 Å². The molecule has 1 fully saturated rings. The van der Waals surface area contributed by atoms with Crippen LogP contribution in [-0.2, 0) is 11.3 Å². The van der Waals surface area contributed by atoms with E-state index in [1.54, 1.807) is 0 Å². The van der Waals surface area contributed by atoms with Crippen LogP contribution in [0.25, 0.3) is 21.5 Å². The van der Waals surface area contributed by atoms with Gasteiger partial charge in [0.25, 0.3) is 5.56 Å². The second-order valence-electron chi connectivity index (χ2n) is 7.16. The molecular formula is C20H22N4O2S. The molecule has 2 aromatic heterocycles. The van der Waals surface area contributed by atoms with Crippen LogP contribution in [0.4, 0.5) is 0 Å². The Hall–Kier alpha value is -2.54. The molecule has 27 heavy (non-hydrogen) atoms. The predicted molar refractivity (Wildman–Crippen MR) is 107 cm³/mol. The quantitative estimate of drug-likeness (QED) is 0.751. The average Bonchev–Trinajstić information content (AvgIpc) is 3.10. The normalized spacial score (nSPS) is 15.1. The Morgan fingerprint density at radius 1 is 1.30 bits per heavy atom. The monoisotopic (exact) mass is 382 g/mol. The van der Waals surface area contributed by atoms with Gasteiger partial charge in [0, 0.05) is 11.6 Å². The molecule has 3 aromatic rings. The molecule has 1 amide bonds. The van der Waals surface area contributed by atoms with Crippen molar-refractivity contribution in [1.82, 2.24) is 19.2 Å². The number of amides is 1. The van der Waals surface area contributed by atoms with Gasteiger partial charge in [0.15, 0.2) is 0 Å². The fourth-order valence-corrected chi connectivity index (χ4v) is 4.43. The molecular weight excluding hydrogens is 360 g/mol. The molecule has 0 atom stereocenters. The molecule has 4 rings (SSSR count). The van der Waals surface area contributed by atoms with Gasteiger partial charge in [-0.1, -0.05) is 43.0 Å². The van der Waals surface area contributed by atoms with E-state index >= 15 is 0 Å². The number of aryl methyl sites for hydroxylation is 1. The number of hydrogen-bond donors (Lipinski definition) is 1. The second kappa shape index (κ2) is 7.60. The summed E-state index contributed by atoms with van der Waals surface area (Å²) in [6, 6.07) is 8.21. The number of carbonyl (C=O) groups is 1. The lowest BCUT2D eigenvalue weighted by molar-refractivity contribution is -0.122. The van der Waals surface area contributed by atoms with Crippen LogP contribution in [0.1, 0.15) is 37.7 Å².